The molecule has 1 unspecified atom stereocenters. The fraction of sp³-hybridized carbons (Fsp3) is 0.400. The zero-order valence-corrected chi connectivity index (χ0v) is 16.2. The highest BCUT2D eigenvalue weighted by atomic mass is 32.1. The van der Waals surface area contributed by atoms with E-state index in [9.17, 15) is 9.59 Å². The summed E-state index contributed by atoms with van der Waals surface area (Å²) < 4.78 is 11.1. The average Bonchev–Trinajstić information content (AvgIpc) is 3.45. The van der Waals surface area contributed by atoms with Gasteiger partial charge in [-0.25, -0.2) is 0 Å². The largest absolute Gasteiger partial charge is 0.486 e. The second-order valence-corrected chi connectivity index (χ2v) is 8.04. The summed E-state index contributed by atoms with van der Waals surface area (Å²) >= 11 is 1.31. The minimum absolute atomic E-state index is 0.0489. The summed E-state index contributed by atoms with van der Waals surface area (Å²) in [5.41, 5.74) is 1.81. The first-order valence-electron chi connectivity index (χ1n) is 9.13. The molecular weight excluding hydrogens is 364 g/mol. The van der Waals surface area contributed by atoms with Crippen LogP contribution in [0.25, 0.3) is 0 Å². The molecule has 1 fully saturated rings. The van der Waals surface area contributed by atoms with E-state index in [1.807, 2.05) is 38.1 Å². The topological polar surface area (TPSA) is 76.7 Å². The minimum Gasteiger partial charge on any atom is -0.486 e. The van der Waals surface area contributed by atoms with Crippen molar-refractivity contribution in [2.45, 2.75) is 32.7 Å². The molecule has 1 aliphatic carbocycles. The number of anilines is 1. The fourth-order valence-electron chi connectivity index (χ4n) is 3.01. The Morgan fingerprint density at radius 1 is 1.15 bits per heavy atom. The third kappa shape index (κ3) is 3.93. The number of hydrogen-bond donors (Lipinski definition) is 2. The Labute approximate surface area is 161 Å². The molecule has 0 bridgehead atoms. The third-order valence-electron chi connectivity index (χ3n) is 4.73. The van der Waals surface area contributed by atoms with Gasteiger partial charge in [0.25, 0.3) is 5.91 Å². The molecule has 2 aliphatic rings. The fourth-order valence-corrected chi connectivity index (χ4v) is 3.99. The van der Waals surface area contributed by atoms with Crippen molar-refractivity contribution >= 4 is 28.2 Å². The molecule has 0 saturated heterocycles. The molecule has 2 amide bonds. The molecule has 2 N–H and O–H groups in total. The van der Waals surface area contributed by atoms with Crippen LogP contribution in [-0.2, 0) is 4.79 Å². The Morgan fingerprint density at radius 2 is 1.89 bits per heavy atom. The molecule has 0 radical (unpaired) electrons. The van der Waals surface area contributed by atoms with Gasteiger partial charge in [0.2, 0.25) is 5.91 Å². The average molecular weight is 386 g/mol. The Morgan fingerprint density at radius 3 is 2.63 bits per heavy atom. The second kappa shape index (κ2) is 7.23. The van der Waals surface area contributed by atoms with Crippen molar-refractivity contribution in [3.8, 4) is 11.5 Å². The second-order valence-electron chi connectivity index (χ2n) is 6.98. The van der Waals surface area contributed by atoms with Crippen LogP contribution in [0.4, 0.5) is 5.00 Å². The Bertz CT molecular complexity index is 888. The molecule has 1 aromatic carbocycles. The smallest absolute Gasteiger partial charge is 0.262 e. The molecule has 6 nitrogen and oxygen atoms in total. The summed E-state index contributed by atoms with van der Waals surface area (Å²) in [4.78, 5) is 25.2. The van der Waals surface area contributed by atoms with Gasteiger partial charge < -0.3 is 20.1 Å². The maximum Gasteiger partial charge on any atom is 0.262 e. The van der Waals surface area contributed by atoms with Gasteiger partial charge >= 0.3 is 0 Å². The van der Waals surface area contributed by atoms with Crippen LogP contribution in [-0.4, -0.2) is 25.0 Å². The summed E-state index contributed by atoms with van der Waals surface area (Å²) in [6.07, 6.45) is 1.91. The van der Waals surface area contributed by atoms with Crippen molar-refractivity contribution in [1.82, 2.24) is 5.32 Å². The molecule has 2 heterocycles. The lowest BCUT2D eigenvalue weighted by Gasteiger charge is -2.21. The number of rotatable bonds is 5. The normalized spacial score (nSPS) is 16.5. The minimum atomic E-state index is -0.181. The summed E-state index contributed by atoms with van der Waals surface area (Å²) in [6.45, 7) is 4.89. The molecule has 1 aromatic heterocycles. The van der Waals surface area contributed by atoms with Crippen LogP contribution in [0.15, 0.2) is 24.3 Å². The predicted octanol–water partition coefficient (Wildman–Crippen LogP) is 3.67. The van der Waals surface area contributed by atoms with Gasteiger partial charge in [-0.15, -0.1) is 11.3 Å². The van der Waals surface area contributed by atoms with E-state index in [2.05, 4.69) is 10.6 Å². The number of carbonyl (C=O) groups excluding carboxylic acids is 2. The van der Waals surface area contributed by atoms with Crippen LogP contribution >= 0.6 is 11.3 Å². The van der Waals surface area contributed by atoms with Crippen molar-refractivity contribution in [2.24, 2.45) is 5.92 Å². The van der Waals surface area contributed by atoms with Crippen molar-refractivity contribution in [3.63, 3.8) is 0 Å². The number of fused-ring (bicyclic) bond motifs is 1. The van der Waals surface area contributed by atoms with Crippen LogP contribution in [0.2, 0.25) is 0 Å². The number of benzene rings is 1. The zero-order chi connectivity index (χ0) is 19.0. The summed E-state index contributed by atoms with van der Waals surface area (Å²) in [6, 6.07) is 7.38. The zero-order valence-electron chi connectivity index (χ0n) is 15.3. The highest BCUT2D eigenvalue weighted by Crippen LogP contribution is 2.34. The van der Waals surface area contributed by atoms with Crippen LogP contribution in [0.3, 0.4) is 0 Å². The number of amides is 2. The van der Waals surface area contributed by atoms with E-state index in [0.29, 0.717) is 23.8 Å². The maximum atomic E-state index is 12.7. The molecule has 1 saturated carbocycles. The van der Waals surface area contributed by atoms with E-state index in [0.717, 1.165) is 34.7 Å². The molecule has 27 heavy (non-hydrogen) atoms. The Kier molecular flexibility index (Phi) is 4.78. The van der Waals surface area contributed by atoms with Gasteiger partial charge in [-0.3, -0.25) is 9.59 Å². The summed E-state index contributed by atoms with van der Waals surface area (Å²) in [7, 11) is 0. The number of ether oxygens (including phenoxy) is 2. The SMILES string of the molecule is Cc1cc(NC(=O)C2CC2)sc1C(=O)NC(C)c1ccc2c(c1)OCCO2. The monoisotopic (exact) mass is 386 g/mol. The standard InChI is InChI=1S/C20H22N2O4S/c1-11-9-17(22-19(23)13-3-4-13)27-18(11)20(24)21-12(2)14-5-6-15-16(10-14)26-8-7-25-15/h5-6,9-10,12-13H,3-4,7-8H2,1-2H3,(H,21,24)(H,22,23). The van der Waals surface area contributed by atoms with Gasteiger partial charge in [-0.05, 0) is 56.0 Å². The molecule has 2 aromatic rings. The van der Waals surface area contributed by atoms with E-state index in [1.54, 1.807) is 0 Å². The summed E-state index contributed by atoms with van der Waals surface area (Å²) in [5.74, 6) is 1.48. The lowest BCUT2D eigenvalue weighted by molar-refractivity contribution is -0.117. The first-order chi connectivity index (χ1) is 13.0. The molecule has 4 rings (SSSR count). The van der Waals surface area contributed by atoms with E-state index in [4.69, 9.17) is 9.47 Å². The third-order valence-corrected chi connectivity index (χ3v) is 5.88. The van der Waals surface area contributed by atoms with Gasteiger partial charge in [0, 0.05) is 5.92 Å². The molecule has 1 atom stereocenters. The lowest BCUT2D eigenvalue weighted by Crippen LogP contribution is -2.26. The highest BCUT2D eigenvalue weighted by molar-refractivity contribution is 7.18. The first kappa shape index (κ1) is 17.9. The van der Waals surface area contributed by atoms with E-state index >= 15 is 0 Å². The summed E-state index contributed by atoms with van der Waals surface area (Å²) in [5, 5.41) is 6.66. The van der Waals surface area contributed by atoms with E-state index in [-0.39, 0.29) is 23.8 Å². The van der Waals surface area contributed by atoms with Gasteiger partial charge in [0.15, 0.2) is 11.5 Å². The molecule has 142 valence electrons. The molecule has 7 heteroatoms. The van der Waals surface area contributed by atoms with Crippen LogP contribution in [0.5, 0.6) is 11.5 Å². The number of nitrogens with one attached hydrogen (secondary N) is 2. The van der Waals surface area contributed by atoms with Crippen molar-refractivity contribution < 1.29 is 19.1 Å². The first-order valence-corrected chi connectivity index (χ1v) is 9.94. The van der Waals surface area contributed by atoms with Gasteiger partial charge in [-0.1, -0.05) is 6.07 Å². The van der Waals surface area contributed by atoms with Crippen LogP contribution < -0.4 is 20.1 Å². The molecule has 0 spiro atoms. The van der Waals surface area contributed by atoms with Crippen molar-refractivity contribution in [1.29, 1.82) is 0 Å². The maximum absolute atomic E-state index is 12.7. The van der Waals surface area contributed by atoms with Gasteiger partial charge in [0.05, 0.1) is 15.9 Å². The number of hydrogen-bond acceptors (Lipinski definition) is 5. The van der Waals surface area contributed by atoms with Crippen molar-refractivity contribution in [3.05, 3.63) is 40.3 Å². The quantitative estimate of drug-likeness (QED) is 0.822. The molecular formula is C20H22N2O4S. The van der Waals surface area contributed by atoms with E-state index in [1.165, 1.54) is 11.3 Å². The molecule has 1 aliphatic heterocycles. The Hall–Kier alpha value is -2.54. The number of thiophene rings is 1. The number of carbonyl (C=O) groups is 2. The van der Waals surface area contributed by atoms with Crippen molar-refractivity contribution in [2.75, 3.05) is 18.5 Å². The predicted molar refractivity (Wildman–Crippen MR) is 104 cm³/mol. The van der Waals surface area contributed by atoms with E-state index < -0.39 is 0 Å². The Balaban J connectivity index is 1.43. The van der Waals surface area contributed by atoms with Crippen LogP contribution in [0, 0.1) is 12.8 Å². The van der Waals surface area contributed by atoms with Gasteiger partial charge in [-0.2, -0.15) is 0 Å². The van der Waals surface area contributed by atoms with Gasteiger partial charge in [0.1, 0.15) is 13.2 Å². The van der Waals surface area contributed by atoms with Crippen LogP contribution in [0.1, 0.15) is 46.6 Å². The lowest BCUT2D eigenvalue weighted by atomic mass is 10.1. The highest BCUT2D eigenvalue weighted by Gasteiger charge is 2.30. The number of aryl methyl sites for hydroxylation is 1.